The van der Waals surface area contributed by atoms with Gasteiger partial charge in [0, 0.05) is 46.9 Å². The van der Waals surface area contributed by atoms with E-state index in [1.165, 1.54) is 16.7 Å². The Labute approximate surface area is 176 Å². The quantitative estimate of drug-likeness (QED) is 0.740. The van der Waals surface area contributed by atoms with Gasteiger partial charge in [-0.05, 0) is 37.8 Å². The molecule has 160 valence electrons. The average Bonchev–Trinajstić information content (AvgIpc) is 3.29. The van der Waals surface area contributed by atoms with Crippen molar-refractivity contribution in [3.05, 3.63) is 39.3 Å². The molecular formula is C20H29N3O4S2. The van der Waals surface area contributed by atoms with Gasteiger partial charge in [-0.2, -0.15) is 5.10 Å². The van der Waals surface area contributed by atoms with Gasteiger partial charge in [-0.15, -0.1) is 11.3 Å². The van der Waals surface area contributed by atoms with Crippen LogP contribution >= 0.6 is 11.3 Å². The molecule has 0 aromatic carbocycles. The topological polar surface area (TPSA) is 84.7 Å². The number of hydrogen-bond donors (Lipinski definition) is 1. The maximum atomic E-state index is 11.4. The molecule has 0 saturated carbocycles. The number of likely N-dealkylation sites (tertiary alicyclic amines) is 1. The molecule has 2 aromatic heterocycles. The Morgan fingerprint density at radius 3 is 3.00 bits per heavy atom. The van der Waals surface area contributed by atoms with Crippen molar-refractivity contribution in [2.24, 2.45) is 0 Å². The van der Waals surface area contributed by atoms with Crippen molar-refractivity contribution in [2.75, 3.05) is 25.2 Å². The number of hydrogen-bond acceptors (Lipinski definition) is 7. The van der Waals surface area contributed by atoms with Crippen LogP contribution in [-0.2, 0) is 46.3 Å². The van der Waals surface area contributed by atoms with Gasteiger partial charge in [0.1, 0.15) is 15.4 Å². The number of fused-ring (bicyclic) bond motifs is 2. The maximum absolute atomic E-state index is 11.4. The van der Waals surface area contributed by atoms with Gasteiger partial charge >= 0.3 is 0 Å². The van der Waals surface area contributed by atoms with E-state index in [9.17, 15) is 13.5 Å². The number of sulfone groups is 1. The fourth-order valence-electron chi connectivity index (χ4n) is 4.49. The van der Waals surface area contributed by atoms with E-state index in [0.29, 0.717) is 12.6 Å². The number of aliphatic hydroxyl groups excluding tert-OH is 1. The summed E-state index contributed by atoms with van der Waals surface area (Å²) in [6, 6.07) is 2.50. The summed E-state index contributed by atoms with van der Waals surface area (Å²) in [6.07, 6.45) is 7.84. The van der Waals surface area contributed by atoms with Gasteiger partial charge < -0.3 is 9.84 Å². The Morgan fingerprint density at radius 2 is 2.28 bits per heavy atom. The standard InChI is InChI=1S/C20H29N3O4S2/c1-15-10-20(19-17(3-7-27-20)9-18(14-24)28-19)4-5-22(15)12-16-11-21-23(13-16)6-8-29(2,25)26/h9,11,13,15,24H,3-8,10,12,14H2,1-2H3/t15-,20+/m0/s1. The van der Waals surface area contributed by atoms with Gasteiger partial charge in [-0.1, -0.05) is 0 Å². The summed E-state index contributed by atoms with van der Waals surface area (Å²) < 4.78 is 30.8. The van der Waals surface area contributed by atoms with E-state index in [-0.39, 0.29) is 18.0 Å². The summed E-state index contributed by atoms with van der Waals surface area (Å²) in [4.78, 5) is 4.78. The molecule has 0 radical (unpaired) electrons. The minimum absolute atomic E-state index is 0.0960. The molecule has 1 saturated heterocycles. The van der Waals surface area contributed by atoms with Crippen molar-refractivity contribution < 1.29 is 18.3 Å². The first-order chi connectivity index (χ1) is 13.8. The zero-order valence-corrected chi connectivity index (χ0v) is 18.6. The summed E-state index contributed by atoms with van der Waals surface area (Å²) in [5.41, 5.74) is 2.23. The lowest BCUT2D eigenvalue weighted by atomic mass is 9.82. The first-order valence-corrected chi connectivity index (χ1v) is 13.0. The van der Waals surface area contributed by atoms with Gasteiger partial charge in [-0.3, -0.25) is 9.58 Å². The second-order valence-corrected chi connectivity index (χ2v) is 11.7. The van der Waals surface area contributed by atoms with Gasteiger partial charge in [0.15, 0.2) is 0 Å². The molecule has 4 heterocycles. The summed E-state index contributed by atoms with van der Waals surface area (Å²) >= 11 is 1.70. The Balaban J connectivity index is 1.42. The molecule has 9 heteroatoms. The molecule has 2 aliphatic heterocycles. The number of nitrogens with zero attached hydrogens (tertiary/aromatic N) is 3. The molecular weight excluding hydrogens is 410 g/mol. The van der Waals surface area contributed by atoms with Crippen molar-refractivity contribution in [3.63, 3.8) is 0 Å². The minimum Gasteiger partial charge on any atom is -0.391 e. The molecule has 0 bridgehead atoms. The molecule has 2 atom stereocenters. The molecule has 0 aliphatic carbocycles. The molecule has 2 aromatic rings. The lowest BCUT2D eigenvalue weighted by Gasteiger charge is -2.47. The van der Waals surface area contributed by atoms with Crippen LogP contribution in [0.4, 0.5) is 0 Å². The van der Waals surface area contributed by atoms with Crippen molar-refractivity contribution in [1.82, 2.24) is 14.7 Å². The number of ether oxygens (including phenoxy) is 1. The smallest absolute Gasteiger partial charge is 0.149 e. The fourth-order valence-corrected chi connectivity index (χ4v) is 6.26. The SMILES string of the molecule is C[C@H]1C[C@@]2(CCN1Cc1cnn(CCS(C)(=O)=O)c1)OCCc1cc(CO)sc12. The molecule has 4 rings (SSSR count). The molecule has 1 fully saturated rings. The lowest BCUT2D eigenvalue weighted by molar-refractivity contribution is -0.110. The van der Waals surface area contributed by atoms with Crippen LogP contribution in [0.15, 0.2) is 18.5 Å². The molecule has 1 N–H and O–H groups in total. The van der Waals surface area contributed by atoms with Crippen molar-refractivity contribution >= 4 is 21.2 Å². The van der Waals surface area contributed by atoms with E-state index in [0.717, 1.165) is 49.4 Å². The van der Waals surface area contributed by atoms with E-state index in [2.05, 4.69) is 23.0 Å². The van der Waals surface area contributed by atoms with Crippen LogP contribution in [0.3, 0.4) is 0 Å². The van der Waals surface area contributed by atoms with Crippen LogP contribution in [0.25, 0.3) is 0 Å². The third kappa shape index (κ3) is 4.59. The Bertz CT molecular complexity index is 968. The highest BCUT2D eigenvalue weighted by Crippen LogP contribution is 2.47. The fraction of sp³-hybridized carbons (Fsp3) is 0.650. The zero-order chi connectivity index (χ0) is 20.6. The van der Waals surface area contributed by atoms with E-state index in [4.69, 9.17) is 4.74 Å². The van der Waals surface area contributed by atoms with Crippen molar-refractivity contribution in [1.29, 1.82) is 0 Å². The molecule has 0 unspecified atom stereocenters. The normalized spacial score (nSPS) is 25.4. The van der Waals surface area contributed by atoms with Crippen LogP contribution in [0, 0.1) is 0 Å². The summed E-state index contributed by atoms with van der Waals surface area (Å²) in [7, 11) is -2.99. The third-order valence-corrected chi connectivity index (χ3v) is 8.27. The summed E-state index contributed by atoms with van der Waals surface area (Å²) in [6.45, 7) is 5.21. The Hall–Kier alpha value is -1.26. The predicted molar refractivity (Wildman–Crippen MR) is 113 cm³/mol. The molecule has 1 spiro atoms. The largest absolute Gasteiger partial charge is 0.391 e. The van der Waals surface area contributed by atoms with Crippen molar-refractivity contribution in [3.8, 4) is 0 Å². The van der Waals surface area contributed by atoms with Crippen LogP contribution in [-0.4, -0.2) is 59.4 Å². The first-order valence-electron chi connectivity index (χ1n) is 10.1. The second kappa shape index (κ2) is 8.11. The van der Waals surface area contributed by atoms with Crippen molar-refractivity contribution in [2.45, 2.75) is 57.5 Å². The van der Waals surface area contributed by atoms with Gasteiger partial charge in [-0.25, -0.2) is 8.42 Å². The maximum Gasteiger partial charge on any atom is 0.149 e. The number of thiophene rings is 1. The highest BCUT2D eigenvalue weighted by molar-refractivity contribution is 7.90. The highest BCUT2D eigenvalue weighted by atomic mass is 32.2. The average molecular weight is 440 g/mol. The van der Waals surface area contributed by atoms with Gasteiger partial charge in [0.2, 0.25) is 0 Å². The molecule has 0 amide bonds. The Morgan fingerprint density at radius 1 is 1.45 bits per heavy atom. The van der Waals surface area contributed by atoms with Gasteiger partial charge in [0.05, 0.1) is 31.7 Å². The molecule has 29 heavy (non-hydrogen) atoms. The summed E-state index contributed by atoms with van der Waals surface area (Å²) in [5.74, 6) is 0.104. The van der Waals surface area contributed by atoms with E-state index in [1.54, 1.807) is 16.0 Å². The summed E-state index contributed by atoms with van der Waals surface area (Å²) in [5, 5.41) is 13.9. The van der Waals surface area contributed by atoms with E-state index < -0.39 is 9.84 Å². The number of aryl methyl sites for hydroxylation is 1. The third-order valence-electron chi connectivity index (χ3n) is 5.99. The monoisotopic (exact) mass is 439 g/mol. The molecule has 2 aliphatic rings. The number of rotatable bonds is 6. The highest BCUT2D eigenvalue weighted by Gasteiger charge is 2.44. The number of piperidine rings is 1. The van der Waals surface area contributed by atoms with Crippen LogP contribution in [0.5, 0.6) is 0 Å². The zero-order valence-electron chi connectivity index (χ0n) is 17.0. The van der Waals surface area contributed by atoms with Crippen LogP contribution < -0.4 is 0 Å². The minimum atomic E-state index is -2.99. The molecule has 7 nitrogen and oxygen atoms in total. The van der Waals surface area contributed by atoms with E-state index >= 15 is 0 Å². The van der Waals surface area contributed by atoms with Crippen LogP contribution in [0.1, 0.15) is 40.6 Å². The number of aliphatic hydroxyl groups is 1. The lowest BCUT2D eigenvalue weighted by Crippen LogP contribution is -2.49. The number of aromatic nitrogens is 2. The van der Waals surface area contributed by atoms with Gasteiger partial charge in [0.25, 0.3) is 0 Å². The van der Waals surface area contributed by atoms with Crippen LogP contribution in [0.2, 0.25) is 0 Å². The predicted octanol–water partition coefficient (Wildman–Crippen LogP) is 1.93. The van der Waals surface area contributed by atoms with E-state index in [1.807, 2.05) is 12.4 Å². The second-order valence-electron chi connectivity index (χ2n) is 8.33. The first kappa shape index (κ1) is 21.0. The Kier molecular flexibility index (Phi) is 5.87.